The molecule has 0 unspecified atom stereocenters. The molecule has 26 heavy (non-hydrogen) atoms. The van der Waals surface area contributed by atoms with Crippen molar-refractivity contribution in [3.63, 3.8) is 0 Å². The predicted molar refractivity (Wildman–Crippen MR) is 100 cm³/mol. The molecule has 0 spiro atoms. The minimum atomic E-state index is -0.152. The molecule has 6 nitrogen and oxygen atoms in total. The van der Waals surface area contributed by atoms with Crippen LogP contribution >= 0.6 is 0 Å². The van der Waals surface area contributed by atoms with Gasteiger partial charge in [0.05, 0.1) is 17.0 Å². The third-order valence-corrected chi connectivity index (χ3v) is 4.60. The normalized spacial score (nSPS) is 11.3. The lowest BCUT2D eigenvalue weighted by Crippen LogP contribution is -2.14. The van der Waals surface area contributed by atoms with E-state index in [0.717, 1.165) is 40.3 Å². The molecule has 3 heterocycles. The topological polar surface area (TPSA) is 76.2 Å². The molecule has 0 saturated carbocycles. The summed E-state index contributed by atoms with van der Waals surface area (Å²) in [5.74, 6) is 0.756. The van der Waals surface area contributed by atoms with Gasteiger partial charge in [-0.15, -0.1) is 0 Å². The van der Waals surface area contributed by atoms with Crippen LogP contribution in [-0.4, -0.2) is 19.8 Å². The molecule has 0 amide bonds. The molecule has 4 rings (SSSR count). The Hall–Kier alpha value is -3.15. The van der Waals surface area contributed by atoms with Gasteiger partial charge in [-0.2, -0.15) is 0 Å². The Balaban J connectivity index is 2.03. The van der Waals surface area contributed by atoms with Crippen molar-refractivity contribution < 1.29 is 4.52 Å². The number of benzene rings is 1. The fourth-order valence-corrected chi connectivity index (χ4v) is 3.36. The van der Waals surface area contributed by atoms with Crippen LogP contribution in [0.2, 0.25) is 0 Å². The number of hydrogen-bond acceptors (Lipinski definition) is 4. The van der Waals surface area contributed by atoms with Crippen molar-refractivity contribution >= 4 is 5.65 Å². The average molecular weight is 348 g/mol. The average Bonchev–Trinajstić information content (AvgIpc) is 3.22. The third-order valence-electron chi connectivity index (χ3n) is 4.60. The SMILES string of the molecule is CCc1noc(CC)c1-c1cc(=O)n2[nH]c(C)c(-c3ccccc3)c2n1. The lowest BCUT2D eigenvalue weighted by atomic mass is 10.0. The zero-order valence-corrected chi connectivity index (χ0v) is 15.0. The maximum atomic E-state index is 12.7. The Bertz CT molecular complexity index is 1110. The minimum Gasteiger partial charge on any atom is -0.360 e. The van der Waals surface area contributed by atoms with E-state index in [1.807, 2.05) is 51.1 Å². The Labute approximate surface area is 150 Å². The smallest absolute Gasteiger partial charge is 0.273 e. The number of hydrogen-bond donors (Lipinski definition) is 1. The lowest BCUT2D eigenvalue weighted by Gasteiger charge is -2.04. The van der Waals surface area contributed by atoms with Gasteiger partial charge in [0.25, 0.3) is 5.56 Å². The second-order valence-corrected chi connectivity index (χ2v) is 6.25. The maximum Gasteiger partial charge on any atom is 0.273 e. The first-order valence-electron chi connectivity index (χ1n) is 8.79. The number of aryl methyl sites for hydroxylation is 3. The van der Waals surface area contributed by atoms with Gasteiger partial charge in [-0.3, -0.25) is 9.89 Å². The van der Waals surface area contributed by atoms with Gasteiger partial charge in [0.15, 0.2) is 5.65 Å². The van der Waals surface area contributed by atoms with E-state index in [1.165, 1.54) is 4.52 Å². The molecule has 0 aliphatic rings. The Morgan fingerprint density at radius 3 is 2.58 bits per heavy atom. The van der Waals surface area contributed by atoms with Gasteiger partial charge in [-0.05, 0) is 18.9 Å². The molecule has 0 atom stereocenters. The van der Waals surface area contributed by atoms with Gasteiger partial charge in [-0.1, -0.05) is 49.3 Å². The fourth-order valence-electron chi connectivity index (χ4n) is 3.36. The molecule has 0 saturated heterocycles. The molecule has 1 aromatic carbocycles. The fraction of sp³-hybridized carbons (Fsp3) is 0.250. The van der Waals surface area contributed by atoms with E-state index in [2.05, 4.69) is 10.3 Å². The highest BCUT2D eigenvalue weighted by Crippen LogP contribution is 2.30. The number of nitrogens with one attached hydrogen (secondary N) is 1. The summed E-state index contributed by atoms with van der Waals surface area (Å²) in [5.41, 5.74) is 5.58. The standard InChI is InChI=1S/C20H20N4O2/c1-4-14-19(16(5-2)26-23-14)15-11-17(25)24-20(21-15)18(12(3)22-24)13-9-7-6-8-10-13/h6-11,22H,4-5H2,1-3H3. The molecular weight excluding hydrogens is 328 g/mol. The predicted octanol–water partition coefficient (Wildman–Crippen LogP) is 3.78. The second kappa shape index (κ2) is 6.29. The zero-order valence-electron chi connectivity index (χ0n) is 15.0. The van der Waals surface area contributed by atoms with Crippen molar-refractivity contribution in [1.29, 1.82) is 0 Å². The summed E-state index contributed by atoms with van der Waals surface area (Å²) in [6.45, 7) is 5.97. The van der Waals surface area contributed by atoms with Crippen LogP contribution in [0.5, 0.6) is 0 Å². The highest BCUT2D eigenvalue weighted by molar-refractivity contribution is 5.81. The van der Waals surface area contributed by atoms with Crippen LogP contribution in [0.25, 0.3) is 28.0 Å². The van der Waals surface area contributed by atoms with Crippen LogP contribution in [0.4, 0.5) is 0 Å². The summed E-state index contributed by atoms with van der Waals surface area (Å²) in [6.07, 6.45) is 1.42. The van der Waals surface area contributed by atoms with Crippen LogP contribution in [0.15, 0.2) is 45.7 Å². The van der Waals surface area contributed by atoms with Gasteiger partial charge in [0, 0.05) is 23.7 Å². The monoisotopic (exact) mass is 348 g/mol. The maximum absolute atomic E-state index is 12.7. The molecule has 0 aliphatic heterocycles. The van der Waals surface area contributed by atoms with Crippen LogP contribution in [0.1, 0.15) is 31.0 Å². The van der Waals surface area contributed by atoms with E-state index in [0.29, 0.717) is 17.8 Å². The van der Waals surface area contributed by atoms with Crippen molar-refractivity contribution in [2.45, 2.75) is 33.6 Å². The zero-order chi connectivity index (χ0) is 18.3. The van der Waals surface area contributed by atoms with Crippen molar-refractivity contribution in [2.24, 2.45) is 0 Å². The number of aromatic amines is 1. The quantitative estimate of drug-likeness (QED) is 0.609. The first kappa shape index (κ1) is 16.3. The first-order chi connectivity index (χ1) is 12.6. The summed E-state index contributed by atoms with van der Waals surface area (Å²) in [6, 6.07) is 11.5. The molecule has 6 heteroatoms. The molecule has 4 aromatic rings. The highest BCUT2D eigenvalue weighted by Gasteiger charge is 2.20. The summed E-state index contributed by atoms with van der Waals surface area (Å²) in [7, 11) is 0. The molecular formula is C20H20N4O2. The van der Waals surface area contributed by atoms with Crippen LogP contribution in [0.3, 0.4) is 0 Å². The van der Waals surface area contributed by atoms with Gasteiger partial charge in [0.2, 0.25) is 0 Å². The van der Waals surface area contributed by atoms with Gasteiger partial charge in [0.1, 0.15) is 5.76 Å². The number of H-pyrrole nitrogens is 1. The molecule has 0 aliphatic carbocycles. The van der Waals surface area contributed by atoms with E-state index in [1.54, 1.807) is 6.07 Å². The molecule has 1 N–H and O–H groups in total. The first-order valence-corrected chi connectivity index (χ1v) is 8.79. The van der Waals surface area contributed by atoms with E-state index in [4.69, 9.17) is 9.51 Å². The van der Waals surface area contributed by atoms with E-state index in [-0.39, 0.29) is 5.56 Å². The molecule has 132 valence electrons. The number of nitrogens with zero attached hydrogens (tertiary/aromatic N) is 3. The Morgan fingerprint density at radius 1 is 1.12 bits per heavy atom. The second-order valence-electron chi connectivity index (χ2n) is 6.25. The summed E-state index contributed by atoms with van der Waals surface area (Å²) in [4.78, 5) is 17.6. The van der Waals surface area contributed by atoms with Gasteiger partial charge >= 0.3 is 0 Å². The minimum absolute atomic E-state index is 0.152. The lowest BCUT2D eigenvalue weighted by molar-refractivity contribution is 0.381. The molecule has 0 fully saturated rings. The molecule has 3 aromatic heterocycles. The van der Waals surface area contributed by atoms with Crippen LogP contribution < -0.4 is 5.56 Å². The molecule has 0 radical (unpaired) electrons. The van der Waals surface area contributed by atoms with E-state index < -0.39 is 0 Å². The van der Waals surface area contributed by atoms with Crippen molar-refractivity contribution in [1.82, 2.24) is 19.8 Å². The van der Waals surface area contributed by atoms with E-state index >= 15 is 0 Å². The summed E-state index contributed by atoms with van der Waals surface area (Å²) in [5, 5.41) is 7.27. The third kappa shape index (κ3) is 2.45. The highest BCUT2D eigenvalue weighted by atomic mass is 16.5. The summed E-state index contributed by atoms with van der Waals surface area (Å²) >= 11 is 0. The van der Waals surface area contributed by atoms with Crippen molar-refractivity contribution in [3.05, 3.63) is 63.9 Å². The largest absolute Gasteiger partial charge is 0.360 e. The van der Waals surface area contributed by atoms with Gasteiger partial charge < -0.3 is 4.52 Å². The van der Waals surface area contributed by atoms with E-state index in [9.17, 15) is 4.79 Å². The number of aromatic nitrogens is 4. The molecule has 0 bridgehead atoms. The Kier molecular flexibility index (Phi) is 3.95. The Morgan fingerprint density at radius 2 is 1.88 bits per heavy atom. The van der Waals surface area contributed by atoms with Crippen molar-refractivity contribution in [2.75, 3.05) is 0 Å². The van der Waals surface area contributed by atoms with Crippen molar-refractivity contribution in [3.8, 4) is 22.4 Å². The summed E-state index contributed by atoms with van der Waals surface area (Å²) < 4.78 is 6.95. The van der Waals surface area contributed by atoms with Gasteiger partial charge in [-0.25, -0.2) is 9.50 Å². The van der Waals surface area contributed by atoms with Crippen LogP contribution in [0, 0.1) is 6.92 Å². The number of rotatable bonds is 4. The number of fused-ring (bicyclic) bond motifs is 1. The van der Waals surface area contributed by atoms with Crippen LogP contribution in [-0.2, 0) is 12.8 Å².